The molecule has 31 heavy (non-hydrogen) atoms. The van der Waals surface area contributed by atoms with E-state index in [1.165, 1.54) is 36.0 Å². The van der Waals surface area contributed by atoms with E-state index < -0.39 is 0 Å². The first-order valence-electron chi connectivity index (χ1n) is 9.68. The summed E-state index contributed by atoms with van der Waals surface area (Å²) in [7, 11) is 0. The van der Waals surface area contributed by atoms with Gasteiger partial charge in [-0.1, -0.05) is 54.2 Å². The Balaban J connectivity index is 1.40. The van der Waals surface area contributed by atoms with Gasteiger partial charge in [-0.3, -0.25) is 4.79 Å². The average Bonchev–Trinajstić information content (AvgIpc) is 3.23. The molecule has 5 rings (SSSR count). The number of carbonyl (C=O) groups excluding carboxylic acids is 1. The third kappa shape index (κ3) is 4.00. The maximum absolute atomic E-state index is 13.0. The molecular formula is C24H17FN4OS. The zero-order valence-electron chi connectivity index (χ0n) is 16.3. The van der Waals surface area contributed by atoms with E-state index in [4.69, 9.17) is 5.10 Å². The third-order valence-corrected chi connectivity index (χ3v) is 5.88. The average molecular weight is 428 g/mol. The van der Waals surface area contributed by atoms with Crippen LogP contribution in [0.15, 0.2) is 90.2 Å². The Morgan fingerprint density at radius 3 is 2.71 bits per heavy atom. The Hall–Kier alpha value is -3.71. The van der Waals surface area contributed by atoms with Gasteiger partial charge in [-0.25, -0.2) is 13.9 Å². The molecular weight excluding hydrogens is 411 g/mol. The number of rotatable bonds is 5. The topological polar surface area (TPSA) is 59.3 Å². The van der Waals surface area contributed by atoms with Gasteiger partial charge in [0.25, 0.3) is 0 Å². The van der Waals surface area contributed by atoms with Crippen LogP contribution in [0.2, 0.25) is 0 Å². The molecule has 3 aromatic carbocycles. The molecule has 7 heteroatoms. The van der Waals surface area contributed by atoms with Crippen molar-refractivity contribution in [2.45, 2.75) is 5.03 Å². The number of fused-ring (bicyclic) bond motifs is 2. The van der Waals surface area contributed by atoms with Crippen LogP contribution in [0.25, 0.3) is 27.5 Å². The molecule has 0 aliphatic heterocycles. The molecule has 0 saturated carbocycles. The fraction of sp³-hybridized carbons (Fsp3) is 0.0417. The minimum Gasteiger partial charge on any atom is -0.325 e. The Labute approximate surface area is 181 Å². The lowest BCUT2D eigenvalue weighted by molar-refractivity contribution is -0.113. The van der Waals surface area contributed by atoms with Crippen LogP contribution in [0.4, 0.5) is 10.1 Å². The maximum Gasteiger partial charge on any atom is 0.234 e. The molecule has 0 aliphatic rings. The van der Waals surface area contributed by atoms with E-state index in [0.717, 1.165) is 32.6 Å². The van der Waals surface area contributed by atoms with E-state index in [-0.39, 0.29) is 17.5 Å². The Bertz CT molecular complexity index is 1390. The highest BCUT2D eigenvalue weighted by Gasteiger charge is 2.13. The van der Waals surface area contributed by atoms with Crippen LogP contribution in [0.3, 0.4) is 0 Å². The maximum atomic E-state index is 13.0. The number of hydrogen-bond donors (Lipinski definition) is 1. The summed E-state index contributed by atoms with van der Waals surface area (Å²) in [6.45, 7) is 0. The fourth-order valence-corrected chi connectivity index (χ4v) is 4.23. The lowest BCUT2D eigenvalue weighted by Gasteiger charge is -2.05. The molecule has 1 amide bonds. The number of anilines is 1. The zero-order valence-corrected chi connectivity index (χ0v) is 17.1. The normalized spacial score (nSPS) is 11.1. The van der Waals surface area contributed by atoms with Gasteiger partial charge in [-0.05, 0) is 41.1 Å². The first-order valence-corrected chi connectivity index (χ1v) is 10.7. The molecule has 0 fully saturated rings. The Morgan fingerprint density at radius 1 is 1.03 bits per heavy atom. The lowest BCUT2D eigenvalue weighted by Crippen LogP contribution is -2.14. The monoisotopic (exact) mass is 428 g/mol. The van der Waals surface area contributed by atoms with Gasteiger partial charge >= 0.3 is 0 Å². The van der Waals surface area contributed by atoms with Crippen molar-refractivity contribution in [1.29, 1.82) is 0 Å². The smallest absolute Gasteiger partial charge is 0.234 e. The van der Waals surface area contributed by atoms with Crippen LogP contribution in [0, 0.1) is 5.82 Å². The van der Waals surface area contributed by atoms with Gasteiger partial charge in [0.2, 0.25) is 5.91 Å². The largest absolute Gasteiger partial charge is 0.325 e. The number of nitrogens with one attached hydrogen (secondary N) is 1. The van der Waals surface area contributed by atoms with E-state index in [9.17, 15) is 9.18 Å². The summed E-state index contributed by atoms with van der Waals surface area (Å²) in [5.74, 6) is -0.348. The molecule has 0 saturated heterocycles. The van der Waals surface area contributed by atoms with Gasteiger partial charge in [0, 0.05) is 23.6 Å². The number of amides is 1. The second-order valence-corrected chi connectivity index (χ2v) is 7.93. The molecule has 2 heterocycles. The van der Waals surface area contributed by atoms with Crippen molar-refractivity contribution in [3.63, 3.8) is 0 Å². The highest BCUT2D eigenvalue weighted by atomic mass is 32.2. The van der Waals surface area contributed by atoms with Crippen molar-refractivity contribution in [2.75, 3.05) is 11.1 Å². The number of nitrogens with zero attached hydrogens (tertiary/aromatic N) is 3. The van der Waals surface area contributed by atoms with Gasteiger partial charge in [0.1, 0.15) is 10.8 Å². The zero-order chi connectivity index (χ0) is 21.2. The van der Waals surface area contributed by atoms with Crippen molar-refractivity contribution >= 4 is 39.6 Å². The molecule has 5 nitrogen and oxygen atoms in total. The van der Waals surface area contributed by atoms with Gasteiger partial charge in [-0.15, -0.1) is 0 Å². The van der Waals surface area contributed by atoms with Crippen molar-refractivity contribution < 1.29 is 9.18 Å². The van der Waals surface area contributed by atoms with E-state index in [2.05, 4.69) is 34.6 Å². The molecule has 2 aromatic heterocycles. The van der Waals surface area contributed by atoms with E-state index >= 15 is 0 Å². The molecule has 0 bridgehead atoms. The van der Waals surface area contributed by atoms with Crippen molar-refractivity contribution in [3.8, 4) is 11.3 Å². The van der Waals surface area contributed by atoms with E-state index in [1.807, 2.05) is 24.3 Å². The minimum absolute atomic E-state index is 0.179. The van der Waals surface area contributed by atoms with Crippen molar-refractivity contribution in [3.05, 3.63) is 91.0 Å². The summed E-state index contributed by atoms with van der Waals surface area (Å²) in [4.78, 5) is 16.7. The number of thioether (sulfide) groups is 1. The van der Waals surface area contributed by atoms with Gasteiger partial charge < -0.3 is 5.32 Å². The SMILES string of the molecule is O=C(CSc1nccn2nc(-c3cccc4ccccc34)cc12)Nc1ccc(F)cc1. The minimum atomic E-state index is -0.342. The molecule has 1 N–H and O–H groups in total. The summed E-state index contributed by atoms with van der Waals surface area (Å²) in [5, 5.41) is 10.5. The molecule has 152 valence electrons. The predicted molar refractivity (Wildman–Crippen MR) is 122 cm³/mol. The summed E-state index contributed by atoms with van der Waals surface area (Å²) in [6.07, 6.45) is 3.47. The van der Waals surface area contributed by atoms with Crippen LogP contribution in [0.1, 0.15) is 0 Å². The molecule has 0 radical (unpaired) electrons. The molecule has 0 unspecified atom stereocenters. The second kappa shape index (κ2) is 8.20. The second-order valence-electron chi connectivity index (χ2n) is 6.96. The number of hydrogen-bond acceptors (Lipinski definition) is 4. The number of halogens is 1. The quantitative estimate of drug-likeness (QED) is 0.380. The van der Waals surface area contributed by atoms with Crippen LogP contribution in [-0.2, 0) is 4.79 Å². The standard InChI is InChI=1S/C24H17FN4OS/c25-17-8-10-18(11-9-17)27-23(30)15-31-24-22-14-21(28-29(22)13-12-26-24)20-7-3-5-16-4-1-2-6-19(16)20/h1-14H,15H2,(H,27,30). The number of benzene rings is 3. The summed E-state index contributed by atoms with van der Waals surface area (Å²) >= 11 is 1.33. The summed E-state index contributed by atoms with van der Waals surface area (Å²) in [5.41, 5.74) is 3.29. The van der Waals surface area contributed by atoms with Crippen molar-refractivity contribution in [1.82, 2.24) is 14.6 Å². The van der Waals surface area contributed by atoms with E-state index in [0.29, 0.717) is 5.69 Å². The molecule has 5 aromatic rings. The Kier molecular flexibility index (Phi) is 5.09. The highest BCUT2D eigenvalue weighted by molar-refractivity contribution is 8.00. The first-order chi connectivity index (χ1) is 15.2. The van der Waals surface area contributed by atoms with Gasteiger partial charge in [0.15, 0.2) is 0 Å². The first kappa shape index (κ1) is 19.3. The Morgan fingerprint density at radius 2 is 1.84 bits per heavy atom. The molecule has 0 spiro atoms. The van der Waals surface area contributed by atoms with Crippen LogP contribution in [0.5, 0.6) is 0 Å². The van der Waals surface area contributed by atoms with Crippen LogP contribution >= 0.6 is 11.8 Å². The lowest BCUT2D eigenvalue weighted by atomic mass is 10.0. The van der Waals surface area contributed by atoms with Crippen molar-refractivity contribution in [2.24, 2.45) is 0 Å². The third-order valence-electron chi connectivity index (χ3n) is 4.89. The van der Waals surface area contributed by atoms with Crippen LogP contribution < -0.4 is 5.32 Å². The molecule has 0 atom stereocenters. The predicted octanol–water partition coefficient (Wildman–Crippen LogP) is 5.42. The van der Waals surface area contributed by atoms with E-state index in [1.54, 1.807) is 16.9 Å². The fourth-order valence-electron chi connectivity index (χ4n) is 3.45. The van der Waals surface area contributed by atoms with Gasteiger partial charge in [-0.2, -0.15) is 5.10 Å². The summed E-state index contributed by atoms with van der Waals surface area (Å²) in [6, 6.07) is 22.0. The van der Waals surface area contributed by atoms with Crippen LogP contribution in [-0.4, -0.2) is 26.3 Å². The molecule has 0 aliphatic carbocycles. The number of aromatic nitrogens is 3. The summed E-state index contributed by atoms with van der Waals surface area (Å²) < 4.78 is 14.8. The number of carbonyl (C=O) groups is 1. The van der Waals surface area contributed by atoms with Gasteiger partial charge in [0.05, 0.1) is 17.0 Å². The highest BCUT2D eigenvalue weighted by Crippen LogP contribution is 2.30.